The summed E-state index contributed by atoms with van der Waals surface area (Å²) in [5.41, 5.74) is 0.774. The molecule has 0 saturated carbocycles. The predicted molar refractivity (Wildman–Crippen MR) is 76.7 cm³/mol. The quantitative estimate of drug-likeness (QED) is 0.504. The van der Waals surface area contributed by atoms with Crippen LogP contribution >= 0.6 is 11.6 Å². The van der Waals surface area contributed by atoms with E-state index in [1.165, 1.54) is 12.1 Å². The normalized spacial score (nSPS) is 10.7. The second-order valence-electron chi connectivity index (χ2n) is 4.41. The largest absolute Gasteiger partial charge is 0.338 e. The van der Waals surface area contributed by atoms with Crippen LogP contribution in [0, 0.1) is 10.1 Å². The minimum absolute atomic E-state index is 0.0512. The topological polar surface area (TPSA) is 73.0 Å². The molecule has 6 nitrogen and oxygen atoms in total. The molecule has 0 amide bonds. The second-order valence-corrected chi connectivity index (χ2v) is 4.82. The van der Waals surface area contributed by atoms with Crippen molar-refractivity contribution in [2.24, 2.45) is 7.05 Å². The van der Waals surface area contributed by atoms with E-state index in [0.29, 0.717) is 11.6 Å². The Hall–Kier alpha value is -1.92. The molecule has 106 valence electrons. The van der Waals surface area contributed by atoms with Gasteiger partial charge >= 0.3 is 0 Å². The Morgan fingerprint density at radius 3 is 2.95 bits per heavy atom. The molecule has 1 aromatic carbocycles. The summed E-state index contributed by atoms with van der Waals surface area (Å²) in [5.74, 6) is 0.989. The van der Waals surface area contributed by atoms with Gasteiger partial charge in [0.1, 0.15) is 5.82 Å². The minimum atomic E-state index is -0.423. The molecule has 0 radical (unpaired) electrons. The number of nitrogens with one attached hydrogen (secondary N) is 1. The fourth-order valence-electron chi connectivity index (χ4n) is 1.87. The molecule has 0 aliphatic carbocycles. The first-order valence-electron chi connectivity index (χ1n) is 6.17. The van der Waals surface area contributed by atoms with Gasteiger partial charge in [-0.05, 0) is 11.6 Å². The van der Waals surface area contributed by atoms with Crippen LogP contribution < -0.4 is 5.32 Å². The molecule has 2 rings (SSSR count). The van der Waals surface area contributed by atoms with E-state index in [0.717, 1.165) is 24.4 Å². The van der Waals surface area contributed by atoms with Crippen LogP contribution in [0.3, 0.4) is 0 Å². The summed E-state index contributed by atoms with van der Waals surface area (Å²) in [4.78, 5) is 14.5. The summed E-state index contributed by atoms with van der Waals surface area (Å²) in [5, 5.41) is 14.5. The first-order valence-corrected chi connectivity index (χ1v) is 6.55. The smallest absolute Gasteiger partial charge is 0.269 e. The zero-order valence-corrected chi connectivity index (χ0v) is 11.8. The minimum Gasteiger partial charge on any atom is -0.338 e. The first kappa shape index (κ1) is 14.5. The van der Waals surface area contributed by atoms with E-state index >= 15 is 0 Å². The van der Waals surface area contributed by atoms with E-state index in [2.05, 4.69) is 10.3 Å². The van der Waals surface area contributed by atoms with Crippen molar-refractivity contribution in [3.8, 4) is 0 Å². The SMILES string of the molecule is Cn1ccnc1CCNCc1cc([N+](=O)[O-])ccc1Cl. The summed E-state index contributed by atoms with van der Waals surface area (Å²) >= 11 is 6.03. The zero-order valence-electron chi connectivity index (χ0n) is 11.0. The molecule has 20 heavy (non-hydrogen) atoms. The lowest BCUT2D eigenvalue weighted by Gasteiger charge is -2.07. The number of benzene rings is 1. The fourth-order valence-corrected chi connectivity index (χ4v) is 2.06. The van der Waals surface area contributed by atoms with Crippen molar-refractivity contribution in [2.75, 3.05) is 6.54 Å². The van der Waals surface area contributed by atoms with E-state index in [1.807, 2.05) is 17.8 Å². The van der Waals surface area contributed by atoms with Crippen molar-refractivity contribution in [3.05, 3.63) is 57.1 Å². The molecule has 0 unspecified atom stereocenters. The highest BCUT2D eigenvalue weighted by molar-refractivity contribution is 6.31. The van der Waals surface area contributed by atoms with Gasteiger partial charge in [0.2, 0.25) is 0 Å². The molecule has 1 heterocycles. The molecule has 0 fully saturated rings. The Morgan fingerprint density at radius 1 is 1.50 bits per heavy atom. The number of aryl methyl sites for hydroxylation is 1. The van der Waals surface area contributed by atoms with Crippen molar-refractivity contribution in [2.45, 2.75) is 13.0 Å². The summed E-state index contributed by atoms with van der Waals surface area (Å²) < 4.78 is 1.96. The van der Waals surface area contributed by atoms with Gasteiger partial charge in [0.05, 0.1) is 4.92 Å². The highest BCUT2D eigenvalue weighted by Crippen LogP contribution is 2.21. The third kappa shape index (κ3) is 3.55. The van der Waals surface area contributed by atoms with Gasteiger partial charge in [-0.1, -0.05) is 11.6 Å². The Morgan fingerprint density at radius 2 is 2.30 bits per heavy atom. The van der Waals surface area contributed by atoms with Gasteiger partial charge in [-0.15, -0.1) is 0 Å². The summed E-state index contributed by atoms with van der Waals surface area (Å²) in [6, 6.07) is 4.45. The maximum absolute atomic E-state index is 10.7. The molecule has 0 aliphatic heterocycles. The molecule has 1 N–H and O–H groups in total. The highest BCUT2D eigenvalue weighted by atomic mass is 35.5. The van der Waals surface area contributed by atoms with Crippen LogP contribution in [0.15, 0.2) is 30.6 Å². The van der Waals surface area contributed by atoms with Gasteiger partial charge in [0.25, 0.3) is 5.69 Å². The number of aromatic nitrogens is 2. The monoisotopic (exact) mass is 294 g/mol. The van der Waals surface area contributed by atoms with Crippen molar-refractivity contribution in [1.29, 1.82) is 0 Å². The van der Waals surface area contributed by atoms with Gasteiger partial charge < -0.3 is 9.88 Å². The van der Waals surface area contributed by atoms with Gasteiger partial charge in [0.15, 0.2) is 0 Å². The molecule has 1 aromatic heterocycles. The van der Waals surface area contributed by atoms with Crippen LogP contribution in [0.2, 0.25) is 5.02 Å². The zero-order chi connectivity index (χ0) is 14.5. The summed E-state index contributed by atoms with van der Waals surface area (Å²) in [6.07, 6.45) is 4.44. The van der Waals surface area contributed by atoms with Crippen LogP contribution in [0.5, 0.6) is 0 Å². The molecule has 0 saturated heterocycles. The van der Waals surface area contributed by atoms with Crippen LogP contribution in [-0.4, -0.2) is 21.0 Å². The number of hydrogen-bond acceptors (Lipinski definition) is 4. The number of nitro benzene ring substituents is 1. The van der Waals surface area contributed by atoms with Gasteiger partial charge in [0, 0.05) is 56.1 Å². The van der Waals surface area contributed by atoms with Crippen molar-refractivity contribution in [1.82, 2.24) is 14.9 Å². The molecule has 7 heteroatoms. The van der Waals surface area contributed by atoms with Crippen LogP contribution in [0.1, 0.15) is 11.4 Å². The third-order valence-corrected chi connectivity index (χ3v) is 3.37. The first-order chi connectivity index (χ1) is 9.58. The summed E-state index contributed by atoms with van der Waals surface area (Å²) in [7, 11) is 1.94. The second kappa shape index (κ2) is 6.49. The Kier molecular flexibility index (Phi) is 4.70. The number of imidazole rings is 1. The Labute approximate surface area is 121 Å². The number of hydrogen-bond donors (Lipinski definition) is 1. The van der Waals surface area contributed by atoms with Gasteiger partial charge in [-0.3, -0.25) is 10.1 Å². The molecule has 0 aliphatic rings. The Balaban J connectivity index is 1.89. The number of halogens is 1. The highest BCUT2D eigenvalue weighted by Gasteiger charge is 2.09. The van der Waals surface area contributed by atoms with Crippen LogP contribution in [-0.2, 0) is 20.0 Å². The van der Waals surface area contributed by atoms with Gasteiger partial charge in [-0.25, -0.2) is 4.98 Å². The maximum atomic E-state index is 10.7. The van der Waals surface area contributed by atoms with E-state index in [-0.39, 0.29) is 5.69 Å². The van der Waals surface area contributed by atoms with E-state index in [4.69, 9.17) is 11.6 Å². The van der Waals surface area contributed by atoms with E-state index < -0.39 is 4.92 Å². The predicted octanol–water partition coefficient (Wildman–Crippen LogP) is 2.31. The maximum Gasteiger partial charge on any atom is 0.269 e. The fraction of sp³-hybridized carbons (Fsp3) is 0.308. The van der Waals surface area contributed by atoms with Crippen molar-refractivity contribution in [3.63, 3.8) is 0 Å². The molecular formula is C13H15ClN4O2. The number of nitro groups is 1. The summed E-state index contributed by atoms with van der Waals surface area (Å²) in [6.45, 7) is 1.22. The molecular weight excluding hydrogens is 280 g/mol. The number of rotatable bonds is 6. The molecule has 0 atom stereocenters. The van der Waals surface area contributed by atoms with Gasteiger partial charge in [-0.2, -0.15) is 0 Å². The number of nitrogens with zero attached hydrogens (tertiary/aromatic N) is 3. The molecule has 0 bridgehead atoms. The van der Waals surface area contributed by atoms with Crippen molar-refractivity contribution >= 4 is 17.3 Å². The average molecular weight is 295 g/mol. The van der Waals surface area contributed by atoms with Crippen LogP contribution in [0.4, 0.5) is 5.69 Å². The lowest BCUT2D eigenvalue weighted by molar-refractivity contribution is -0.384. The third-order valence-electron chi connectivity index (χ3n) is 3.00. The standard InChI is InChI=1S/C13H15ClN4O2/c1-17-7-6-16-13(17)4-5-15-9-10-8-11(18(19)20)2-3-12(10)14/h2-3,6-8,15H,4-5,9H2,1H3. The average Bonchev–Trinajstić information content (AvgIpc) is 2.82. The van der Waals surface area contributed by atoms with Crippen molar-refractivity contribution < 1.29 is 4.92 Å². The molecule has 0 spiro atoms. The van der Waals surface area contributed by atoms with E-state index in [1.54, 1.807) is 12.3 Å². The van der Waals surface area contributed by atoms with Crippen LogP contribution in [0.25, 0.3) is 0 Å². The lowest BCUT2D eigenvalue weighted by atomic mass is 10.2. The van der Waals surface area contributed by atoms with E-state index in [9.17, 15) is 10.1 Å². The number of non-ortho nitro benzene ring substituents is 1. The Bertz CT molecular complexity index is 612. The lowest BCUT2D eigenvalue weighted by Crippen LogP contribution is -2.18. The molecule has 2 aromatic rings.